The van der Waals surface area contributed by atoms with Gasteiger partial charge >= 0.3 is 0 Å². The Morgan fingerprint density at radius 2 is 2.04 bits per heavy atom. The van der Waals surface area contributed by atoms with Crippen molar-refractivity contribution in [3.63, 3.8) is 0 Å². The summed E-state index contributed by atoms with van der Waals surface area (Å²) in [5.74, 6) is -4.69. The minimum Gasteiger partial charge on any atom is -0.467 e. The second-order valence-electron chi connectivity index (χ2n) is 4.30. The molecule has 0 radical (unpaired) electrons. The Bertz CT molecular complexity index is 780. The summed E-state index contributed by atoms with van der Waals surface area (Å²) in [6.45, 7) is 0.0599. The number of nitrogens with one attached hydrogen (secondary N) is 2. The first-order valence-corrected chi connectivity index (χ1v) is 6.33. The van der Waals surface area contributed by atoms with Gasteiger partial charge < -0.3 is 15.1 Å². The molecule has 1 aromatic carbocycles. The van der Waals surface area contributed by atoms with Gasteiger partial charge in [0.15, 0.2) is 17.5 Å². The Morgan fingerprint density at radius 1 is 1.26 bits per heavy atom. The molecule has 0 saturated carbocycles. The number of carbonyl (C=O) groups is 1. The molecule has 0 aliphatic rings. The fraction of sp³-hybridized carbons (Fsp3) is 0.0667. The van der Waals surface area contributed by atoms with Crippen LogP contribution >= 0.6 is 0 Å². The molecule has 118 valence electrons. The van der Waals surface area contributed by atoms with Gasteiger partial charge in [0.05, 0.1) is 18.5 Å². The van der Waals surface area contributed by atoms with Crippen molar-refractivity contribution < 1.29 is 22.4 Å². The van der Waals surface area contributed by atoms with Crippen molar-refractivity contribution in [2.75, 3.05) is 5.32 Å². The van der Waals surface area contributed by atoms with Crippen LogP contribution < -0.4 is 10.6 Å². The molecule has 23 heavy (non-hydrogen) atoms. The number of hydrogen-bond donors (Lipinski definition) is 2. The van der Waals surface area contributed by atoms with E-state index in [9.17, 15) is 18.0 Å². The highest BCUT2D eigenvalue weighted by Gasteiger charge is 2.14. The topological polar surface area (TPSA) is 78.1 Å². The molecule has 0 atom stereocenters. The largest absolute Gasteiger partial charge is 0.467 e. The molecule has 0 unspecified atom stereocenters. The quantitative estimate of drug-likeness (QED) is 0.504. The van der Waals surface area contributed by atoms with E-state index in [4.69, 9.17) is 9.68 Å². The van der Waals surface area contributed by atoms with Gasteiger partial charge in [0.2, 0.25) is 0 Å². The summed E-state index contributed by atoms with van der Waals surface area (Å²) in [6.07, 6.45) is 2.32. The van der Waals surface area contributed by atoms with Crippen LogP contribution in [0.15, 0.2) is 46.7 Å². The van der Waals surface area contributed by atoms with E-state index < -0.39 is 29.0 Å². The highest BCUT2D eigenvalue weighted by molar-refractivity contribution is 5.97. The van der Waals surface area contributed by atoms with Gasteiger partial charge in [-0.2, -0.15) is 5.26 Å². The molecule has 0 saturated heterocycles. The van der Waals surface area contributed by atoms with Gasteiger partial charge in [-0.1, -0.05) is 0 Å². The normalized spacial score (nSPS) is 11.0. The number of nitrogens with zero attached hydrogens (tertiary/aromatic N) is 1. The van der Waals surface area contributed by atoms with Crippen LogP contribution in [0.5, 0.6) is 0 Å². The first-order valence-electron chi connectivity index (χ1n) is 6.33. The monoisotopic (exact) mass is 321 g/mol. The summed E-state index contributed by atoms with van der Waals surface area (Å²) in [5, 5.41) is 13.6. The Labute approximate surface area is 129 Å². The van der Waals surface area contributed by atoms with Crippen LogP contribution in [-0.2, 0) is 11.3 Å². The second kappa shape index (κ2) is 7.17. The van der Waals surface area contributed by atoms with Crippen molar-refractivity contribution in [2.45, 2.75) is 6.54 Å². The number of halogens is 3. The van der Waals surface area contributed by atoms with Crippen molar-refractivity contribution in [3.05, 3.63) is 65.5 Å². The molecule has 0 bridgehead atoms. The molecule has 5 nitrogen and oxygen atoms in total. The van der Waals surface area contributed by atoms with Crippen LogP contribution in [0.3, 0.4) is 0 Å². The molecule has 2 N–H and O–H groups in total. The summed E-state index contributed by atoms with van der Waals surface area (Å²) in [7, 11) is 0. The molecule has 0 aliphatic heterocycles. The van der Waals surface area contributed by atoms with Crippen LogP contribution in [0.2, 0.25) is 0 Å². The van der Waals surface area contributed by atoms with Crippen LogP contribution in [0, 0.1) is 28.8 Å². The van der Waals surface area contributed by atoms with Gasteiger partial charge in [0, 0.05) is 6.20 Å². The summed E-state index contributed by atoms with van der Waals surface area (Å²) >= 11 is 0. The smallest absolute Gasteiger partial charge is 0.263 e. The van der Waals surface area contributed by atoms with Crippen molar-refractivity contribution >= 4 is 11.6 Å². The molecular formula is C15H10F3N3O2. The van der Waals surface area contributed by atoms with Gasteiger partial charge in [-0.25, -0.2) is 13.2 Å². The molecule has 0 fully saturated rings. The maximum Gasteiger partial charge on any atom is 0.263 e. The maximum absolute atomic E-state index is 13.4. The highest BCUT2D eigenvalue weighted by Crippen LogP contribution is 2.19. The first kappa shape index (κ1) is 16.2. The third-order valence-corrected chi connectivity index (χ3v) is 2.78. The van der Waals surface area contributed by atoms with E-state index in [1.54, 1.807) is 18.2 Å². The lowest BCUT2D eigenvalue weighted by atomic mass is 10.2. The molecule has 0 aliphatic carbocycles. The fourth-order valence-corrected chi connectivity index (χ4v) is 1.61. The number of rotatable bonds is 5. The first-order chi connectivity index (χ1) is 11.0. The molecule has 1 heterocycles. The van der Waals surface area contributed by atoms with E-state index in [1.807, 2.05) is 0 Å². The Kier molecular flexibility index (Phi) is 5.04. The number of anilines is 1. The molecular weight excluding hydrogens is 311 g/mol. The van der Waals surface area contributed by atoms with E-state index in [0.29, 0.717) is 5.76 Å². The number of benzene rings is 1. The predicted octanol–water partition coefficient (Wildman–Crippen LogP) is 2.83. The zero-order valence-electron chi connectivity index (χ0n) is 11.6. The molecule has 2 rings (SSSR count). The summed E-state index contributed by atoms with van der Waals surface area (Å²) in [5.41, 5.74) is -0.781. The lowest BCUT2D eigenvalue weighted by molar-refractivity contribution is -0.117. The highest BCUT2D eigenvalue weighted by atomic mass is 19.2. The fourth-order valence-electron chi connectivity index (χ4n) is 1.61. The number of nitriles is 1. The van der Waals surface area contributed by atoms with Gasteiger partial charge in [0.1, 0.15) is 17.4 Å². The van der Waals surface area contributed by atoms with E-state index in [-0.39, 0.29) is 12.1 Å². The van der Waals surface area contributed by atoms with Crippen LogP contribution in [0.25, 0.3) is 0 Å². The molecule has 1 amide bonds. The number of amides is 1. The van der Waals surface area contributed by atoms with Gasteiger partial charge in [-0.05, 0) is 24.3 Å². The van der Waals surface area contributed by atoms with Crippen LogP contribution in [0.1, 0.15) is 5.76 Å². The Morgan fingerprint density at radius 3 is 2.70 bits per heavy atom. The minimum absolute atomic E-state index is 0.0599. The maximum atomic E-state index is 13.4. The molecule has 1 aromatic heterocycles. The summed E-state index contributed by atoms with van der Waals surface area (Å²) in [4.78, 5) is 11.8. The SMILES string of the molecule is N#C/C(=C/Nc1ccc(F)c(F)c1F)C(=O)NCc1ccco1. The van der Waals surface area contributed by atoms with Gasteiger partial charge in [-0.15, -0.1) is 0 Å². The third kappa shape index (κ3) is 3.91. The Balaban J connectivity index is 2.05. The zero-order chi connectivity index (χ0) is 16.8. The van der Waals surface area contributed by atoms with Crippen LogP contribution in [-0.4, -0.2) is 5.91 Å². The minimum atomic E-state index is -1.65. The standard InChI is InChI=1S/C15H10F3N3O2/c16-11-3-4-12(14(18)13(11)17)20-7-9(6-19)15(22)21-8-10-2-1-5-23-10/h1-5,7,20H,8H2,(H,21,22)/b9-7-. The number of furan rings is 1. The molecule has 2 aromatic rings. The lowest BCUT2D eigenvalue weighted by Crippen LogP contribution is -2.24. The van der Waals surface area contributed by atoms with Crippen molar-refractivity contribution in [1.29, 1.82) is 5.26 Å². The second-order valence-corrected chi connectivity index (χ2v) is 4.30. The van der Waals surface area contributed by atoms with E-state index >= 15 is 0 Å². The molecule has 0 spiro atoms. The van der Waals surface area contributed by atoms with Gasteiger partial charge in [0.25, 0.3) is 5.91 Å². The predicted molar refractivity (Wildman–Crippen MR) is 74.2 cm³/mol. The number of hydrogen-bond acceptors (Lipinski definition) is 4. The van der Waals surface area contributed by atoms with Crippen molar-refractivity contribution in [2.24, 2.45) is 0 Å². The zero-order valence-corrected chi connectivity index (χ0v) is 11.6. The Hall–Kier alpha value is -3.21. The van der Waals surface area contributed by atoms with Crippen molar-refractivity contribution in [1.82, 2.24) is 5.32 Å². The summed E-state index contributed by atoms with van der Waals surface area (Å²) < 4.78 is 44.3. The average Bonchev–Trinajstić information content (AvgIpc) is 3.06. The van der Waals surface area contributed by atoms with Crippen molar-refractivity contribution in [3.8, 4) is 6.07 Å². The van der Waals surface area contributed by atoms with E-state index in [2.05, 4.69) is 10.6 Å². The third-order valence-electron chi connectivity index (χ3n) is 2.78. The van der Waals surface area contributed by atoms with E-state index in [1.165, 1.54) is 6.26 Å². The average molecular weight is 321 g/mol. The van der Waals surface area contributed by atoms with E-state index in [0.717, 1.165) is 18.3 Å². The van der Waals surface area contributed by atoms with Gasteiger partial charge in [-0.3, -0.25) is 4.79 Å². The number of carbonyl (C=O) groups excluding carboxylic acids is 1. The lowest BCUT2D eigenvalue weighted by Gasteiger charge is -2.06. The molecule has 8 heteroatoms. The van der Waals surface area contributed by atoms with Crippen LogP contribution in [0.4, 0.5) is 18.9 Å². The summed E-state index contributed by atoms with van der Waals surface area (Å²) in [6, 6.07) is 6.54.